The molecule has 1 aromatic heterocycles. The van der Waals surface area contributed by atoms with Gasteiger partial charge in [-0.15, -0.1) is 0 Å². The molecule has 0 bridgehead atoms. The van der Waals surface area contributed by atoms with Crippen LogP contribution in [0.1, 0.15) is 41.2 Å². The molecule has 2 aromatic carbocycles. The number of carbonyl (C=O) groups excluding carboxylic acids is 2. The molecule has 10 heteroatoms. The van der Waals surface area contributed by atoms with E-state index in [2.05, 4.69) is 21.4 Å². The van der Waals surface area contributed by atoms with Crippen LogP contribution >= 0.6 is 0 Å². The lowest BCUT2D eigenvalue weighted by Crippen LogP contribution is -2.39. The van der Waals surface area contributed by atoms with E-state index >= 15 is 0 Å². The number of likely N-dealkylation sites (tertiary alicyclic amines) is 1. The molecule has 3 aromatic rings. The van der Waals surface area contributed by atoms with E-state index < -0.39 is 9.84 Å². The Balaban J connectivity index is 1.56. The molecule has 2 amide bonds. The highest BCUT2D eigenvalue weighted by atomic mass is 32.2. The third-order valence-electron chi connectivity index (χ3n) is 7.38. The number of amides is 2. The van der Waals surface area contributed by atoms with E-state index in [4.69, 9.17) is 4.98 Å². The van der Waals surface area contributed by atoms with Crippen molar-refractivity contribution >= 4 is 38.6 Å². The summed E-state index contributed by atoms with van der Waals surface area (Å²) in [7, 11) is -2.98. The minimum Gasteiger partial charge on any atom is -0.337 e. The smallest absolute Gasteiger partial charge is 0.257 e. The van der Waals surface area contributed by atoms with Crippen LogP contribution in [0.15, 0.2) is 61.2 Å². The fraction of sp³-hybridized carbons (Fsp3) is 0.393. The molecule has 3 heterocycles. The summed E-state index contributed by atoms with van der Waals surface area (Å²) in [5, 5.41) is 3.03. The largest absolute Gasteiger partial charge is 0.337 e. The fourth-order valence-electron chi connectivity index (χ4n) is 5.36. The number of sulfone groups is 1. The molecule has 0 aliphatic carbocycles. The molecule has 1 unspecified atom stereocenters. The Bertz CT molecular complexity index is 1440. The molecule has 5 rings (SSSR count). The number of nitrogens with one attached hydrogen (secondary N) is 1. The molecule has 2 aliphatic heterocycles. The summed E-state index contributed by atoms with van der Waals surface area (Å²) >= 11 is 0. The van der Waals surface area contributed by atoms with Crippen molar-refractivity contribution in [2.75, 3.05) is 43.0 Å². The van der Waals surface area contributed by atoms with E-state index in [-0.39, 0.29) is 29.4 Å². The summed E-state index contributed by atoms with van der Waals surface area (Å²) in [5.41, 5.74) is 3.20. The second-order valence-electron chi connectivity index (χ2n) is 9.98. The molecule has 2 aliphatic rings. The Kier molecular flexibility index (Phi) is 7.62. The lowest BCUT2D eigenvalue weighted by Gasteiger charge is -2.28. The summed E-state index contributed by atoms with van der Waals surface area (Å²) in [4.78, 5) is 34.6. The van der Waals surface area contributed by atoms with Crippen LogP contribution < -0.4 is 5.32 Å². The quantitative estimate of drug-likeness (QED) is 0.486. The summed E-state index contributed by atoms with van der Waals surface area (Å²) < 4.78 is 26.0. The number of anilines is 1. The van der Waals surface area contributed by atoms with Crippen LogP contribution in [0, 0.1) is 0 Å². The first-order valence-electron chi connectivity index (χ1n) is 13.0. The Morgan fingerprint density at radius 2 is 1.79 bits per heavy atom. The van der Waals surface area contributed by atoms with Crippen molar-refractivity contribution < 1.29 is 18.0 Å². The van der Waals surface area contributed by atoms with E-state index in [9.17, 15) is 18.0 Å². The Hall–Kier alpha value is -3.50. The number of aromatic nitrogens is 2. The SMILES string of the molecule is C=CC(=O)N1CCCCC(n2c(NC(=O)c3ccccc3)nc3cccc(CN4CCS(=O)(=O)CC4)c32)C1. The maximum Gasteiger partial charge on any atom is 0.257 e. The maximum absolute atomic E-state index is 13.2. The fourth-order valence-corrected chi connectivity index (χ4v) is 6.64. The van der Waals surface area contributed by atoms with E-state index in [0.717, 1.165) is 35.9 Å². The minimum absolute atomic E-state index is 0.0969. The average molecular weight is 536 g/mol. The second-order valence-corrected chi connectivity index (χ2v) is 12.3. The predicted molar refractivity (Wildman–Crippen MR) is 148 cm³/mol. The molecule has 0 saturated carbocycles. The van der Waals surface area contributed by atoms with Gasteiger partial charge in [0.25, 0.3) is 5.91 Å². The maximum atomic E-state index is 13.2. The number of para-hydroxylation sites is 1. The summed E-state index contributed by atoms with van der Waals surface area (Å²) in [6.07, 6.45) is 4.01. The number of imidazole rings is 1. The monoisotopic (exact) mass is 535 g/mol. The van der Waals surface area contributed by atoms with Gasteiger partial charge >= 0.3 is 0 Å². The van der Waals surface area contributed by atoms with Crippen LogP contribution in [0.4, 0.5) is 5.95 Å². The molecule has 1 atom stereocenters. The number of hydrogen-bond donors (Lipinski definition) is 1. The molecule has 2 saturated heterocycles. The van der Waals surface area contributed by atoms with Gasteiger partial charge in [-0.2, -0.15) is 0 Å². The third-order valence-corrected chi connectivity index (χ3v) is 8.99. The van der Waals surface area contributed by atoms with Gasteiger partial charge < -0.3 is 9.47 Å². The molecular formula is C28H33N5O4S. The highest BCUT2D eigenvalue weighted by Crippen LogP contribution is 2.33. The molecule has 2 fully saturated rings. The van der Waals surface area contributed by atoms with E-state index in [1.165, 1.54) is 6.08 Å². The van der Waals surface area contributed by atoms with Crippen molar-refractivity contribution in [3.63, 3.8) is 0 Å². The van der Waals surface area contributed by atoms with Crippen LogP contribution in [0.25, 0.3) is 11.0 Å². The molecule has 0 spiro atoms. The van der Waals surface area contributed by atoms with Gasteiger partial charge in [-0.25, -0.2) is 13.4 Å². The number of carbonyl (C=O) groups is 2. The van der Waals surface area contributed by atoms with Crippen LogP contribution in [0.5, 0.6) is 0 Å². The van der Waals surface area contributed by atoms with Crippen LogP contribution in [-0.2, 0) is 21.2 Å². The number of benzene rings is 2. The van der Waals surface area contributed by atoms with E-state index in [1.807, 2.05) is 41.3 Å². The highest BCUT2D eigenvalue weighted by Gasteiger charge is 2.28. The van der Waals surface area contributed by atoms with Crippen molar-refractivity contribution in [1.29, 1.82) is 0 Å². The molecular weight excluding hydrogens is 502 g/mol. The summed E-state index contributed by atoms with van der Waals surface area (Å²) in [6, 6.07) is 14.8. The Morgan fingerprint density at radius 3 is 2.53 bits per heavy atom. The lowest BCUT2D eigenvalue weighted by molar-refractivity contribution is -0.126. The molecule has 1 N–H and O–H groups in total. The van der Waals surface area contributed by atoms with E-state index in [1.54, 1.807) is 12.1 Å². The number of hydrogen-bond acceptors (Lipinski definition) is 6. The first-order chi connectivity index (χ1) is 18.3. The van der Waals surface area contributed by atoms with Crippen molar-refractivity contribution in [3.05, 3.63) is 72.3 Å². The first-order valence-corrected chi connectivity index (χ1v) is 14.9. The summed E-state index contributed by atoms with van der Waals surface area (Å²) in [5.74, 6) is 0.396. The van der Waals surface area contributed by atoms with Crippen molar-refractivity contribution in [3.8, 4) is 0 Å². The van der Waals surface area contributed by atoms with Crippen molar-refractivity contribution in [2.45, 2.75) is 31.8 Å². The molecule has 9 nitrogen and oxygen atoms in total. The van der Waals surface area contributed by atoms with Gasteiger partial charge in [0.2, 0.25) is 11.9 Å². The van der Waals surface area contributed by atoms with Crippen LogP contribution in [0.2, 0.25) is 0 Å². The van der Waals surface area contributed by atoms with Gasteiger partial charge in [0, 0.05) is 38.3 Å². The molecule has 38 heavy (non-hydrogen) atoms. The average Bonchev–Trinajstić information content (AvgIpc) is 3.11. The number of rotatable bonds is 6. The van der Waals surface area contributed by atoms with Crippen LogP contribution in [-0.4, -0.2) is 77.3 Å². The van der Waals surface area contributed by atoms with E-state index in [0.29, 0.717) is 44.2 Å². The van der Waals surface area contributed by atoms with Crippen molar-refractivity contribution in [2.24, 2.45) is 0 Å². The standard InChI is InChI=1S/C28H33N5O4S/c1-2-25(34)32-14-7-6-12-23(20-32)33-26-22(19-31-15-17-38(36,37)18-16-31)11-8-13-24(26)29-28(33)30-27(35)21-9-4-3-5-10-21/h2-5,8-11,13,23H,1,6-7,12,14-20H2,(H,29,30,35). The first kappa shape index (κ1) is 26.1. The molecule has 200 valence electrons. The zero-order valence-corrected chi connectivity index (χ0v) is 22.2. The zero-order valence-electron chi connectivity index (χ0n) is 21.4. The Morgan fingerprint density at radius 1 is 1.03 bits per heavy atom. The Labute approximate surface area is 223 Å². The highest BCUT2D eigenvalue weighted by molar-refractivity contribution is 7.91. The van der Waals surface area contributed by atoms with Crippen molar-refractivity contribution in [1.82, 2.24) is 19.4 Å². The lowest BCUT2D eigenvalue weighted by atomic mass is 10.1. The van der Waals surface area contributed by atoms with Gasteiger partial charge in [-0.05, 0) is 49.1 Å². The second kappa shape index (κ2) is 11.1. The van der Waals surface area contributed by atoms with Gasteiger partial charge in [0.1, 0.15) is 0 Å². The van der Waals surface area contributed by atoms with Gasteiger partial charge in [0.05, 0.1) is 28.6 Å². The third kappa shape index (κ3) is 5.66. The van der Waals surface area contributed by atoms with Crippen LogP contribution in [0.3, 0.4) is 0 Å². The predicted octanol–water partition coefficient (Wildman–Crippen LogP) is 3.26. The summed E-state index contributed by atoms with van der Waals surface area (Å²) in [6.45, 7) is 6.36. The van der Waals surface area contributed by atoms with Gasteiger partial charge in [-0.3, -0.25) is 19.8 Å². The number of fused-ring (bicyclic) bond motifs is 1. The molecule has 0 radical (unpaired) electrons. The number of nitrogens with zero attached hydrogens (tertiary/aromatic N) is 4. The minimum atomic E-state index is -2.98. The normalized spacial score (nSPS) is 20.1. The van der Waals surface area contributed by atoms with Gasteiger partial charge in [0.15, 0.2) is 9.84 Å². The topological polar surface area (TPSA) is 105 Å². The zero-order chi connectivity index (χ0) is 26.7. The van der Waals surface area contributed by atoms with Gasteiger partial charge in [-0.1, -0.05) is 36.9 Å².